The van der Waals surface area contributed by atoms with Gasteiger partial charge in [0.15, 0.2) is 0 Å². The van der Waals surface area contributed by atoms with Gasteiger partial charge in [0.1, 0.15) is 0 Å². The Balaban J connectivity index is 3.28. The van der Waals surface area contributed by atoms with Crippen molar-refractivity contribution >= 4 is 23.3 Å². The number of nitrogens with zero attached hydrogens (tertiary/aromatic N) is 1. The Labute approximate surface area is 96.8 Å². The summed E-state index contributed by atoms with van der Waals surface area (Å²) in [5.74, 6) is -1.04. The molecule has 1 aromatic carbocycles. The van der Waals surface area contributed by atoms with Gasteiger partial charge < -0.3 is 5.11 Å². The van der Waals surface area contributed by atoms with Crippen LogP contribution in [0.3, 0.4) is 0 Å². The van der Waals surface area contributed by atoms with Gasteiger partial charge in [-0.15, -0.1) is 0 Å². The van der Waals surface area contributed by atoms with Gasteiger partial charge in [0.05, 0.1) is 15.4 Å². The summed E-state index contributed by atoms with van der Waals surface area (Å²) in [4.78, 5) is 20.9. The number of carboxylic acid groups (broad SMARTS) is 1. The van der Waals surface area contributed by atoms with Gasteiger partial charge in [0.2, 0.25) is 0 Å². The van der Waals surface area contributed by atoms with Crippen LogP contribution in [-0.2, 0) is 10.2 Å². The molecule has 0 spiro atoms. The van der Waals surface area contributed by atoms with Gasteiger partial charge in [-0.1, -0.05) is 11.6 Å². The van der Waals surface area contributed by atoms with Crippen LogP contribution in [-0.4, -0.2) is 16.0 Å². The van der Waals surface area contributed by atoms with Gasteiger partial charge in [-0.05, 0) is 25.5 Å². The van der Waals surface area contributed by atoms with Crippen molar-refractivity contribution in [2.24, 2.45) is 0 Å². The molecule has 0 aliphatic carbocycles. The van der Waals surface area contributed by atoms with Crippen LogP contribution in [0.25, 0.3) is 0 Å². The molecule has 0 aliphatic rings. The molecule has 0 radical (unpaired) electrons. The highest BCUT2D eigenvalue weighted by Gasteiger charge is 2.32. The summed E-state index contributed by atoms with van der Waals surface area (Å²) in [5, 5.41) is 19.6. The lowest BCUT2D eigenvalue weighted by molar-refractivity contribution is -0.384. The van der Waals surface area contributed by atoms with Crippen molar-refractivity contribution in [3.05, 3.63) is 38.9 Å². The molecule has 0 aliphatic heterocycles. The van der Waals surface area contributed by atoms with Crippen molar-refractivity contribution in [1.82, 2.24) is 0 Å². The predicted molar refractivity (Wildman–Crippen MR) is 58.8 cm³/mol. The molecule has 0 unspecified atom stereocenters. The lowest BCUT2D eigenvalue weighted by Gasteiger charge is -2.20. The Hall–Kier alpha value is -1.62. The molecule has 5 nitrogen and oxygen atoms in total. The van der Waals surface area contributed by atoms with Gasteiger partial charge in [0.25, 0.3) is 5.69 Å². The number of nitro benzene ring substituents is 1. The fraction of sp³-hybridized carbons (Fsp3) is 0.300. The van der Waals surface area contributed by atoms with Gasteiger partial charge in [0, 0.05) is 12.1 Å². The Kier molecular flexibility index (Phi) is 3.19. The van der Waals surface area contributed by atoms with E-state index in [9.17, 15) is 14.9 Å². The van der Waals surface area contributed by atoms with Crippen LogP contribution >= 0.6 is 11.6 Å². The first-order chi connectivity index (χ1) is 7.26. The summed E-state index contributed by atoms with van der Waals surface area (Å²) < 4.78 is 0. The van der Waals surface area contributed by atoms with Crippen LogP contribution in [0.15, 0.2) is 18.2 Å². The standard InChI is InChI=1S/C10H10ClNO4/c1-10(2,9(13)14)7-4-3-6(12(15)16)5-8(7)11/h3-5H,1-2H3,(H,13,14). The summed E-state index contributed by atoms with van der Waals surface area (Å²) in [5.41, 5.74) is -0.978. The normalized spacial score (nSPS) is 11.2. The zero-order valence-corrected chi connectivity index (χ0v) is 9.49. The number of rotatable bonds is 3. The molecule has 0 fully saturated rings. The number of hydrogen-bond donors (Lipinski definition) is 1. The summed E-state index contributed by atoms with van der Waals surface area (Å²) in [6.07, 6.45) is 0. The minimum absolute atomic E-state index is 0.0848. The Bertz CT molecular complexity index is 456. The molecule has 0 heterocycles. The largest absolute Gasteiger partial charge is 0.481 e. The summed E-state index contributed by atoms with van der Waals surface area (Å²) >= 11 is 5.83. The van der Waals surface area contributed by atoms with Crippen molar-refractivity contribution in [3.8, 4) is 0 Å². The number of non-ortho nitro benzene ring substituents is 1. The molecule has 0 saturated carbocycles. The molecule has 86 valence electrons. The average molecular weight is 244 g/mol. The molecular weight excluding hydrogens is 234 g/mol. The van der Waals surface area contributed by atoms with E-state index < -0.39 is 16.3 Å². The Morgan fingerprint density at radius 1 is 1.50 bits per heavy atom. The first kappa shape index (κ1) is 12.4. The van der Waals surface area contributed by atoms with E-state index in [1.54, 1.807) is 0 Å². The van der Waals surface area contributed by atoms with E-state index in [2.05, 4.69) is 0 Å². The SMILES string of the molecule is CC(C)(C(=O)O)c1ccc([N+](=O)[O-])cc1Cl. The fourth-order valence-electron chi connectivity index (χ4n) is 1.24. The highest BCUT2D eigenvalue weighted by atomic mass is 35.5. The summed E-state index contributed by atoms with van der Waals surface area (Å²) in [6, 6.07) is 3.77. The lowest BCUT2D eigenvalue weighted by atomic mass is 9.85. The zero-order valence-electron chi connectivity index (χ0n) is 8.73. The minimum Gasteiger partial charge on any atom is -0.481 e. The minimum atomic E-state index is -1.17. The number of halogens is 1. The van der Waals surface area contributed by atoms with Gasteiger partial charge >= 0.3 is 5.97 Å². The van der Waals surface area contributed by atoms with Crippen molar-refractivity contribution in [2.45, 2.75) is 19.3 Å². The van der Waals surface area contributed by atoms with Crippen LogP contribution in [0.4, 0.5) is 5.69 Å². The van der Waals surface area contributed by atoms with E-state index in [1.165, 1.54) is 26.0 Å². The van der Waals surface area contributed by atoms with Crippen LogP contribution in [0.5, 0.6) is 0 Å². The second-order valence-electron chi connectivity index (χ2n) is 3.85. The zero-order chi connectivity index (χ0) is 12.5. The second kappa shape index (κ2) is 4.09. The first-order valence-electron chi connectivity index (χ1n) is 4.44. The molecule has 6 heteroatoms. The predicted octanol–water partition coefficient (Wildman–Crippen LogP) is 2.61. The fourth-order valence-corrected chi connectivity index (χ4v) is 1.65. The van der Waals surface area contributed by atoms with E-state index in [-0.39, 0.29) is 10.7 Å². The van der Waals surface area contributed by atoms with Crippen LogP contribution < -0.4 is 0 Å². The topological polar surface area (TPSA) is 80.4 Å². The Morgan fingerprint density at radius 2 is 2.06 bits per heavy atom. The lowest BCUT2D eigenvalue weighted by Crippen LogP contribution is -2.28. The van der Waals surface area contributed by atoms with Gasteiger partial charge in [-0.25, -0.2) is 0 Å². The van der Waals surface area contributed by atoms with E-state index in [1.807, 2.05) is 0 Å². The first-order valence-corrected chi connectivity index (χ1v) is 4.82. The maximum Gasteiger partial charge on any atom is 0.313 e. The second-order valence-corrected chi connectivity index (χ2v) is 4.26. The third-order valence-electron chi connectivity index (χ3n) is 2.37. The molecule has 0 saturated heterocycles. The molecule has 1 rings (SSSR count). The smallest absolute Gasteiger partial charge is 0.313 e. The van der Waals surface area contributed by atoms with Crippen LogP contribution in [0.2, 0.25) is 5.02 Å². The highest BCUT2D eigenvalue weighted by molar-refractivity contribution is 6.32. The Morgan fingerprint density at radius 3 is 2.44 bits per heavy atom. The third-order valence-corrected chi connectivity index (χ3v) is 2.68. The van der Waals surface area contributed by atoms with Crippen LogP contribution in [0.1, 0.15) is 19.4 Å². The molecule has 0 amide bonds. The summed E-state index contributed by atoms with van der Waals surface area (Å²) in [7, 11) is 0. The number of carboxylic acids is 1. The van der Waals surface area contributed by atoms with Crippen molar-refractivity contribution < 1.29 is 14.8 Å². The van der Waals surface area contributed by atoms with E-state index in [0.717, 1.165) is 6.07 Å². The molecular formula is C10H10ClNO4. The quantitative estimate of drug-likeness (QED) is 0.654. The monoisotopic (exact) mass is 243 g/mol. The van der Waals surface area contributed by atoms with Gasteiger partial charge in [-0.3, -0.25) is 14.9 Å². The maximum atomic E-state index is 11.0. The maximum absolute atomic E-state index is 11.0. The molecule has 0 atom stereocenters. The van der Waals surface area contributed by atoms with E-state index in [0.29, 0.717) is 5.56 Å². The average Bonchev–Trinajstić information content (AvgIpc) is 2.16. The van der Waals surface area contributed by atoms with Crippen molar-refractivity contribution in [2.75, 3.05) is 0 Å². The molecule has 16 heavy (non-hydrogen) atoms. The number of benzene rings is 1. The van der Waals surface area contributed by atoms with Crippen LogP contribution in [0, 0.1) is 10.1 Å². The van der Waals surface area contributed by atoms with Crippen molar-refractivity contribution in [3.63, 3.8) is 0 Å². The number of aliphatic carboxylic acids is 1. The third kappa shape index (κ3) is 2.14. The number of hydrogen-bond acceptors (Lipinski definition) is 3. The number of carbonyl (C=O) groups is 1. The molecule has 0 bridgehead atoms. The van der Waals surface area contributed by atoms with E-state index >= 15 is 0 Å². The van der Waals surface area contributed by atoms with Crippen molar-refractivity contribution in [1.29, 1.82) is 0 Å². The summed E-state index contributed by atoms with van der Waals surface area (Å²) in [6.45, 7) is 2.98. The molecule has 1 aromatic rings. The highest BCUT2D eigenvalue weighted by Crippen LogP contribution is 2.32. The van der Waals surface area contributed by atoms with E-state index in [4.69, 9.17) is 16.7 Å². The molecule has 0 aromatic heterocycles. The molecule has 1 N–H and O–H groups in total. The number of nitro groups is 1. The van der Waals surface area contributed by atoms with Gasteiger partial charge in [-0.2, -0.15) is 0 Å².